The predicted molar refractivity (Wildman–Crippen MR) is 70.3 cm³/mol. The first-order chi connectivity index (χ1) is 8.25. The van der Waals surface area contributed by atoms with Crippen molar-refractivity contribution in [1.82, 2.24) is 9.97 Å². The van der Waals surface area contributed by atoms with Gasteiger partial charge in [-0.2, -0.15) is 0 Å². The van der Waals surface area contributed by atoms with Gasteiger partial charge in [-0.3, -0.25) is 0 Å². The maximum atomic E-state index is 5.77. The van der Waals surface area contributed by atoms with Gasteiger partial charge in [0, 0.05) is 19.8 Å². The lowest BCUT2D eigenvalue weighted by Crippen LogP contribution is -2.09. The van der Waals surface area contributed by atoms with E-state index in [-0.39, 0.29) is 5.15 Å². The zero-order valence-corrected chi connectivity index (χ0v) is 10.8. The number of ether oxygens (including phenoxy) is 1. The standard InChI is InChI=1S/C11H19ClN4O/c1-2-3-6-17-7-4-5-14-11-9(13)10(12)15-8-16-11/h8H,2-7,13H2,1H3,(H,14,15,16). The first-order valence-corrected chi connectivity index (χ1v) is 6.21. The van der Waals surface area contributed by atoms with Crippen molar-refractivity contribution in [2.45, 2.75) is 26.2 Å². The molecule has 0 unspecified atom stereocenters. The number of hydrogen-bond donors (Lipinski definition) is 2. The molecule has 0 aliphatic heterocycles. The highest BCUT2D eigenvalue weighted by molar-refractivity contribution is 6.32. The Kier molecular flexibility index (Phi) is 6.65. The molecule has 0 spiro atoms. The van der Waals surface area contributed by atoms with E-state index in [1.165, 1.54) is 6.33 Å². The highest BCUT2D eigenvalue weighted by atomic mass is 35.5. The number of aromatic nitrogens is 2. The van der Waals surface area contributed by atoms with Crippen molar-refractivity contribution in [2.75, 3.05) is 30.8 Å². The fourth-order valence-electron chi connectivity index (χ4n) is 1.24. The molecular formula is C11H19ClN4O. The Morgan fingerprint density at radius 2 is 2.12 bits per heavy atom. The number of nitrogen functional groups attached to an aromatic ring is 1. The second-order valence-electron chi connectivity index (χ2n) is 3.67. The molecular weight excluding hydrogens is 240 g/mol. The monoisotopic (exact) mass is 258 g/mol. The van der Waals surface area contributed by atoms with Crippen LogP contribution in [0, 0.1) is 0 Å². The minimum atomic E-state index is 0.279. The molecule has 96 valence electrons. The molecule has 0 aliphatic carbocycles. The first-order valence-electron chi connectivity index (χ1n) is 5.83. The summed E-state index contributed by atoms with van der Waals surface area (Å²) in [6.07, 6.45) is 4.57. The number of unbranched alkanes of at least 4 members (excludes halogenated alkanes) is 1. The Morgan fingerprint density at radius 3 is 2.88 bits per heavy atom. The van der Waals surface area contributed by atoms with Gasteiger partial charge in [-0.05, 0) is 12.8 Å². The summed E-state index contributed by atoms with van der Waals surface area (Å²) in [6, 6.07) is 0. The van der Waals surface area contributed by atoms with Crippen molar-refractivity contribution < 1.29 is 4.74 Å². The molecule has 0 atom stereocenters. The normalized spacial score (nSPS) is 10.5. The summed E-state index contributed by atoms with van der Waals surface area (Å²) in [4.78, 5) is 7.80. The lowest BCUT2D eigenvalue weighted by atomic mass is 10.3. The molecule has 1 aromatic rings. The van der Waals surface area contributed by atoms with Gasteiger partial charge >= 0.3 is 0 Å². The summed E-state index contributed by atoms with van der Waals surface area (Å²) in [5.41, 5.74) is 6.10. The molecule has 1 heterocycles. The van der Waals surface area contributed by atoms with Crippen LogP contribution >= 0.6 is 11.6 Å². The summed E-state index contributed by atoms with van der Waals surface area (Å²) in [5.74, 6) is 0.582. The zero-order valence-electron chi connectivity index (χ0n) is 10.1. The van der Waals surface area contributed by atoms with Crippen LogP contribution in [0.15, 0.2) is 6.33 Å². The maximum Gasteiger partial charge on any atom is 0.157 e. The molecule has 0 amide bonds. The molecule has 0 bridgehead atoms. The molecule has 0 fully saturated rings. The van der Waals surface area contributed by atoms with Gasteiger partial charge in [-0.25, -0.2) is 9.97 Å². The second-order valence-corrected chi connectivity index (χ2v) is 4.03. The molecule has 3 N–H and O–H groups in total. The molecule has 0 aromatic carbocycles. The highest BCUT2D eigenvalue weighted by Crippen LogP contribution is 2.21. The van der Waals surface area contributed by atoms with Gasteiger partial charge in [0.05, 0.1) is 0 Å². The molecule has 1 rings (SSSR count). The molecule has 17 heavy (non-hydrogen) atoms. The van der Waals surface area contributed by atoms with E-state index >= 15 is 0 Å². The summed E-state index contributed by atoms with van der Waals surface area (Å²) in [7, 11) is 0. The summed E-state index contributed by atoms with van der Waals surface area (Å²) in [5, 5.41) is 3.38. The number of hydrogen-bond acceptors (Lipinski definition) is 5. The van der Waals surface area contributed by atoms with E-state index < -0.39 is 0 Å². The average molecular weight is 259 g/mol. The lowest BCUT2D eigenvalue weighted by Gasteiger charge is -2.08. The molecule has 5 nitrogen and oxygen atoms in total. The Labute approximate surface area is 107 Å². The van der Waals surface area contributed by atoms with Crippen LogP contribution in [0.5, 0.6) is 0 Å². The number of nitrogens with zero attached hydrogens (tertiary/aromatic N) is 2. The van der Waals surface area contributed by atoms with Crippen LogP contribution in [0.4, 0.5) is 11.5 Å². The smallest absolute Gasteiger partial charge is 0.157 e. The number of nitrogens with one attached hydrogen (secondary N) is 1. The summed E-state index contributed by atoms with van der Waals surface area (Å²) >= 11 is 5.77. The third-order valence-corrected chi connectivity index (χ3v) is 2.54. The third kappa shape index (κ3) is 5.19. The van der Waals surface area contributed by atoms with Crippen LogP contribution in [-0.4, -0.2) is 29.7 Å². The van der Waals surface area contributed by atoms with Gasteiger partial charge in [0.15, 0.2) is 11.0 Å². The van der Waals surface area contributed by atoms with E-state index in [1.807, 2.05) is 0 Å². The van der Waals surface area contributed by atoms with E-state index in [2.05, 4.69) is 22.2 Å². The largest absolute Gasteiger partial charge is 0.393 e. The number of rotatable bonds is 8. The predicted octanol–water partition coefficient (Wildman–Crippen LogP) is 2.33. The van der Waals surface area contributed by atoms with Crippen molar-refractivity contribution >= 4 is 23.1 Å². The van der Waals surface area contributed by atoms with Crippen LogP contribution < -0.4 is 11.1 Å². The molecule has 1 aromatic heterocycles. The van der Waals surface area contributed by atoms with Crippen molar-refractivity contribution in [2.24, 2.45) is 0 Å². The van der Waals surface area contributed by atoms with Gasteiger partial charge in [0.1, 0.15) is 12.0 Å². The van der Waals surface area contributed by atoms with Crippen molar-refractivity contribution in [3.8, 4) is 0 Å². The minimum absolute atomic E-state index is 0.279. The van der Waals surface area contributed by atoms with Crippen LogP contribution in [0.3, 0.4) is 0 Å². The number of halogens is 1. The van der Waals surface area contributed by atoms with Gasteiger partial charge in [0.2, 0.25) is 0 Å². The molecule has 0 saturated carbocycles. The lowest BCUT2D eigenvalue weighted by molar-refractivity contribution is 0.131. The zero-order chi connectivity index (χ0) is 12.5. The topological polar surface area (TPSA) is 73.1 Å². The Morgan fingerprint density at radius 1 is 1.35 bits per heavy atom. The molecule has 0 saturated heterocycles. The van der Waals surface area contributed by atoms with Gasteiger partial charge < -0.3 is 15.8 Å². The van der Waals surface area contributed by atoms with Crippen LogP contribution in [-0.2, 0) is 4.74 Å². The Balaban J connectivity index is 2.16. The van der Waals surface area contributed by atoms with Gasteiger partial charge in [-0.1, -0.05) is 24.9 Å². The molecule has 0 radical (unpaired) electrons. The van der Waals surface area contributed by atoms with E-state index in [4.69, 9.17) is 22.1 Å². The second kappa shape index (κ2) is 8.08. The van der Waals surface area contributed by atoms with Crippen molar-refractivity contribution in [1.29, 1.82) is 0 Å². The summed E-state index contributed by atoms with van der Waals surface area (Å²) in [6.45, 7) is 4.47. The van der Waals surface area contributed by atoms with Gasteiger partial charge in [0.25, 0.3) is 0 Å². The fraction of sp³-hybridized carbons (Fsp3) is 0.636. The SMILES string of the molecule is CCCCOCCCNc1ncnc(Cl)c1N. The third-order valence-electron chi connectivity index (χ3n) is 2.24. The van der Waals surface area contributed by atoms with Gasteiger partial charge in [-0.15, -0.1) is 0 Å². The van der Waals surface area contributed by atoms with Crippen LogP contribution in [0.1, 0.15) is 26.2 Å². The van der Waals surface area contributed by atoms with E-state index in [0.717, 1.165) is 39.0 Å². The number of nitrogens with two attached hydrogens (primary N) is 1. The van der Waals surface area contributed by atoms with E-state index in [1.54, 1.807) is 0 Å². The first kappa shape index (κ1) is 14.0. The summed E-state index contributed by atoms with van der Waals surface area (Å²) < 4.78 is 5.44. The molecule has 0 aliphatic rings. The average Bonchev–Trinajstić information content (AvgIpc) is 2.33. The number of anilines is 2. The Hall–Kier alpha value is -1.07. The van der Waals surface area contributed by atoms with E-state index in [9.17, 15) is 0 Å². The Bertz CT molecular complexity index is 335. The van der Waals surface area contributed by atoms with Crippen molar-refractivity contribution in [3.05, 3.63) is 11.5 Å². The quantitative estimate of drug-likeness (QED) is 0.553. The van der Waals surface area contributed by atoms with Crippen LogP contribution in [0.25, 0.3) is 0 Å². The fourth-order valence-corrected chi connectivity index (χ4v) is 1.38. The maximum absolute atomic E-state index is 5.77. The van der Waals surface area contributed by atoms with Crippen LogP contribution in [0.2, 0.25) is 5.15 Å². The van der Waals surface area contributed by atoms with Crippen molar-refractivity contribution in [3.63, 3.8) is 0 Å². The molecule has 6 heteroatoms. The van der Waals surface area contributed by atoms with E-state index in [0.29, 0.717) is 11.5 Å². The minimum Gasteiger partial charge on any atom is -0.393 e. The highest BCUT2D eigenvalue weighted by Gasteiger charge is 2.04.